The van der Waals surface area contributed by atoms with Crippen LogP contribution in [0.15, 0.2) is 65.8 Å². The number of allylic oxidation sites excluding steroid dienone is 2. The summed E-state index contributed by atoms with van der Waals surface area (Å²) in [6, 6.07) is 13.6. The molecular formula is C23H19N3O5. The Morgan fingerprint density at radius 2 is 1.74 bits per heavy atom. The Kier molecular flexibility index (Phi) is 4.62. The van der Waals surface area contributed by atoms with Gasteiger partial charge < -0.3 is 4.74 Å². The first-order valence-electron chi connectivity index (χ1n) is 10.1. The number of nitrogens with zero attached hydrogens (tertiary/aromatic N) is 3. The van der Waals surface area contributed by atoms with Crippen LogP contribution in [0.25, 0.3) is 0 Å². The SMILES string of the molecule is O=C1C2C3C=CC(C3)C2C(=O)N1N=Cc1cc([N+](=O)[O-])ccc1OCc1ccccc1. The lowest BCUT2D eigenvalue weighted by atomic mass is 9.85. The lowest BCUT2D eigenvalue weighted by molar-refractivity contribution is -0.384. The predicted molar refractivity (Wildman–Crippen MR) is 111 cm³/mol. The van der Waals surface area contributed by atoms with Gasteiger partial charge in [-0.15, -0.1) is 0 Å². The first-order valence-corrected chi connectivity index (χ1v) is 10.1. The fourth-order valence-electron chi connectivity index (χ4n) is 4.74. The Morgan fingerprint density at radius 1 is 1.06 bits per heavy atom. The summed E-state index contributed by atoms with van der Waals surface area (Å²) in [5, 5.41) is 16.3. The molecule has 4 atom stereocenters. The number of nitro groups is 1. The van der Waals surface area contributed by atoms with Crippen molar-refractivity contribution >= 4 is 23.7 Å². The second kappa shape index (κ2) is 7.46. The number of hydrogen-bond acceptors (Lipinski definition) is 6. The Bertz CT molecular complexity index is 1100. The molecule has 2 amide bonds. The van der Waals surface area contributed by atoms with Crippen molar-refractivity contribution in [3.8, 4) is 5.75 Å². The van der Waals surface area contributed by atoms with E-state index in [1.165, 1.54) is 24.4 Å². The van der Waals surface area contributed by atoms with E-state index in [4.69, 9.17) is 4.74 Å². The van der Waals surface area contributed by atoms with Crippen LogP contribution in [0.4, 0.5) is 5.69 Å². The molecule has 0 N–H and O–H groups in total. The number of carbonyl (C=O) groups excluding carboxylic acids is 2. The molecule has 1 aliphatic heterocycles. The van der Waals surface area contributed by atoms with Crippen molar-refractivity contribution in [1.82, 2.24) is 5.01 Å². The molecule has 2 bridgehead atoms. The number of imide groups is 1. The number of hydrogen-bond donors (Lipinski definition) is 0. The van der Waals surface area contributed by atoms with Gasteiger partial charge in [0, 0.05) is 17.7 Å². The number of amides is 2. The van der Waals surface area contributed by atoms with Crippen LogP contribution in [-0.2, 0) is 16.2 Å². The molecule has 1 saturated heterocycles. The molecule has 0 aromatic heterocycles. The van der Waals surface area contributed by atoms with E-state index in [-0.39, 0.29) is 47.8 Å². The third-order valence-electron chi connectivity index (χ3n) is 6.20. The number of rotatable bonds is 6. The van der Waals surface area contributed by atoms with E-state index in [1.807, 2.05) is 42.5 Å². The molecule has 2 aliphatic carbocycles. The van der Waals surface area contributed by atoms with Crippen molar-refractivity contribution in [2.24, 2.45) is 28.8 Å². The van der Waals surface area contributed by atoms with E-state index >= 15 is 0 Å². The number of fused-ring (bicyclic) bond motifs is 5. The van der Waals surface area contributed by atoms with Crippen LogP contribution in [0.1, 0.15) is 17.5 Å². The van der Waals surface area contributed by atoms with Gasteiger partial charge in [-0.25, -0.2) is 0 Å². The molecule has 0 radical (unpaired) electrons. The topological polar surface area (TPSA) is 102 Å². The maximum absolute atomic E-state index is 12.8. The summed E-state index contributed by atoms with van der Waals surface area (Å²) in [4.78, 5) is 36.3. The summed E-state index contributed by atoms with van der Waals surface area (Å²) < 4.78 is 5.83. The van der Waals surface area contributed by atoms with Gasteiger partial charge in [-0.1, -0.05) is 42.5 Å². The average Bonchev–Trinajstić information content (AvgIpc) is 3.46. The molecule has 8 nitrogen and oxygen atoms in total. The fraction of sp³-hybridized carbons (Fsp3) is 0.261. The van der Waals surface area contributed by atoms with Crippen LogP contribution in [-0.4, -0.2) is 28.0 Å². The normalized spacial score (nSPS) is 26.1. The van der Waals surface area contributed by atoms with E-state index < -0.39 is 4.92 Å². The van der Waals surface area contributed by atoms with Crippen molar-refractivity contribution in [1.29, 1.82) is 0 Å². The quantitative estimate of drug-likeness (QED) is 0.236. The maximum Gasteiger partial charge on any atom is 0.270 e. The highest BCUT2D eigenvalue weighted by atomic mass is 16.6. The number of ether oxygens (including phenoxy) is 1. The zero-order valence-corrected chi connectivity index (χ0v) is 16.5. The maximum atomic E-state index is 12.8. The third kappa shape index (κ3) is 3.30. The third-order valence-corrected chi connectivity index (χ3v) is 6.20. The minimum absolute atomic E-state index is 0.0919. The highest BCUT2D eigenvalue weighted by Gasteiger charge is 2.59. The molecule has 4 unspecified atom stereocenters. The largest absolute Gasteiger partial charge is 0.488 e. The van der Waals surface area contributed by atoms with Gasteiger partial charge in [0.05, 0.1) is 23.0 Å². The zero-order valence-electron chi connectivity index (χ0n) is 16.5. The van der Waals surface area contributed by atoms with Crippen LogP contribution in [0.3, 0.4) is 0 Å². The first kappa shape index (κ1) is 19.2. The standard InChI is InChI=1S/C23H19N3O5/c27-22-20-15-6-7-16(10-15)21(20)23(28)25(22)24-12-17-11-18(26(29)30)8-9-19(17)31-13-14-4-2-1-3-5-14/h1-9,11-12,15-16,20-21H,10,13H2. The second-order valence-electron chi connectivity index (χ2n) is 7.99. The Hall–Kier alpha value is -3.81. The molecule has 5 rings (SSSR count). The summed E-state index contributed by atoms with van der Waals surface area (Å²) in [5.41, 5.74) is 1.13. The van der Waals surface area contributed by atoms with Crippen LogP contribution < -0.4 is 4.74 Å². The van der Waals surface area contributed by atoms with E-state index in [2.05, 4.69) is 5.10 Å². The minimum Gasteiger partial charge on any atom is -0.488 e. The van der Waals surface area contributed by atoms with E-state index in [9.17, 15) is 19.7 Å². The van der Waals surface area contributed by atoms with Gasteiger partial charge in [0.1, 0.15) is 12.4 Å². The monoisotopic (exact) mass is 417 g/mol. The number of hydrazone groups is 1. The van der Waals surface area contributed by atoms with Crippen LogP contribution in [0, 0.1) is 33.8 Å². The van der Waals surface area contributed by atoms with Crippen molar-refractivity contribution in [2.45, 2.75) is 13.0 Å². The number of nitro benzene ring substituents is 1. The second-order valence-corrected chi connectivity index (χ2v) is 7.99. The first-order chi connectivity index (χ1) is 15.0. The van der Waals surface area contributed by atoms with E-state index in [0.717, 1.165) is 17.0 Å². The van der Waals surface area contributed by atoms with Crippen molar-refractivity contribution < 1.29 is 19.2 Å². The van der Waals surface area contributed by atoms with Gasteiger partial charge >= 0.3 is 0 Å². The highest BCUT2D eigenvalue weighted by molar-refractivity contribution is 6.07. The summed E-state index contributed by atoms with van der Waals surface area (Å²) in [6.45, 7) is 0.264. The zero-order chi connectivity index (χ0) is 21.5. The minimum atomic E-state index is -0.516. The Balaban J connectivity index is 1.40. The van der Waals surface area contributed by atoms with Gasteiger partial charge in [-0.3, -0.25) is 19.7 Å². The summed E-state index contributed by atoms with van der Waals surface area (Å²) in [7, 11) is 0. The molecule has 1 heterocycles. The summed E-state index contributed by atoms with van der Waals surface area (Å²) in [5.74, 6) is -0.750. The Labute approximate surface area is 178 Å². The number of carbonyl (C=O) groups is 2. The van der Waals surface area contributed by atoms with Crippen LogP contribution in [0.2, 0.25) is 0 Å². The molecule has 0 spiro atoms. The highest BCUT2D eigenvalue weighted by Crippen LogP contribution is 2.52. The van der Waals surface area contributed by atoms with Gasteiger partial charge in [-0.2, -0.15) is 10.1 Å². The molecular weight excluding hydrogens is 398 g/mol. The molecule has 2 aromatic carbocycles. The van der Waals surface area contributed by atoms with Crippen molar-refractivity contribution in [2.75, 3.05) is 0 Å². The van der Waals surface area contributed by atoms with Crippen molar-refractivity contribution in [3.63, 3.8) is 0 Å². The lowest BCUT2D eigenvalue weighted by Gasteiger charge is -2.13. The molecule has 2 fully saturated rings. The van der Waals surface area contributed by atoms with Crippen molar-refractivity contribution in [3.05, 3.63) is 81.9 Å². The molecule has 8 heteroatoms. The Morgan fingerprint density at radius 3 is 2.39 bits per heavy atom. The fourth-order valence-corrected chi connectivity index (χ4v) is 4.74. The van der Waals surface area contributed by atoms with Gasteiger partial charge in [-0.05, 0) is 29.9 Å². The predicted octanol–water partition coefficient (Wildman–Crippen LogP) is 3.31. The van der Waals surface area contributed by atoms with E-state index in [0.29, 0.717) is 11.3 Å². The van der Waals surface area contributed by atoms with Crippen LogP contribution in [0.5, 0.6) is 5.75 Å². The smallest absolute Gasteiger partial charge is 0.270 e. The summed E-state index contributed by atoms with van der Waals surface area (Å²) >= 11 is 0. The molecule has 31 heavy (non-hydrogen) atoms. The van der Waals surface area contributed by atoms with Crippen LogP contribution >= 0.6 is 0 Å². The average molecular weight is 417 g/mol. The van der Waals surface area contributed by atoms with E-state index in [1.54, 1.807) is 0 Å². The molecule has 2 aromatic rings. The number of non-ortho nitro benzene ring substituents is 1. The molecule has 156 valence electrons. The van der Waals surface area contributed by atoms with Gasteiger partial charge in [0.25, 0.3) is 17.5 Å². The molecule has 3 aliphatic rings. The summed E-state index contributed by atoms with van der Waals surface area (Å²) in [6.07, 6.45) is 6.16. The molecule has 1 saturated carbocycles. The number of benzene rings is 2. The van der Waals surface area contributed by atoms with Gasteiger partial charge in [0.15, 0.2) is 0 Å². The van der Waals surface area contributed by atoms with Gasteiger partial charge in [0.2, 0.25) is 0 Å². The lowest BCUT2D eigenvalue weighted by Crippen LogP contribution is -2.28.